The van der Waals surface area contributed by atoms with E-state index >= 15 is 0 Å². The highest BCUT2D eigenvalue weighted by Crippen LogP contribution is 2.24. The number of benzene rings is 3. The first-order valence-electron chi connectivity index (χ1n) is 7.50. The van der Waals surface area contributed by atoms with Crippen LogP contribution in [0.5, 0.6) is 0 Å². The lowest BCUT2D eigenvalue weighted by molar-refractivity contribution is 0.0943. The number of amides is 1. The van der Waals surface area contributed by atoms with Crippen LogP contribution in [0.15, 0.2) is 83.3 Å². The third-order valence-corrected chi connectivity index (χ3v) is 4.25. The highest BCUT2D eigenvalue weighted by atomic mass is 79.9. The largest absolute Gasteiger partial charge is 0.341 e. The van der Waals surface area contributed by atoms with Crippen LogP contribution >= 0.6 is 15.9 Å². The van der Waals surface area contributed by atoms with Crippen LogP contribution in [-0.2, 0) is 0 Å². The third kappa shape index (κ3) is 3.89. The normalized spacial score (nSPS) is 11.8. The van der Waals surface area contributed by atoms with E-state index in [4.69, 9.17) is 0 Å². The molecule has 0 saturated heterocycles. The first-order valence-corrected chi connectivity index (χ1v) is 8.29. The Kier molecular flexibility index (Phi) is 5.06. The lowest BCUT2D eigenvalue weighted by Crippen LogP contribution is -2.29. The predicted octanol–water partition coefficient (Wildman–Crippen LogP) is 5.11. The van der Waals surface area contributed by atoms with E-state index in [-0.39, 0.29) is 17.8 Å². The number of halogens is 2. The maximum atomic E-state index is 13.0. The van der Waals surface area contributed by atoms with Gasteiger partial charge < -0.3 is 5.32 Å². The molecule has 0 unspecified atom stereocenters. The molecular formula is C20H15BrFNO. The van der Waals surface area contributed by atoms with E-state index in [2.05, 4.69) is 21.2 Å². The molecule has 4 heteroatoms. The molecule has 3 aromatic rings. The van der Waals surface area contributed by atoms with Crippen LogP contribution in [0, 0.1) is 5.82 Å². The van der Waals surface area contributed by atoms with Crippen molar-refractivity contribution < 1.29 is 9.18 Å². The second kappa shape index (κ2) is 7.41. The molecule has 0 aliphatic carbocycles. The Labute approximate surface area is 148 Å². The van der Waals surface area contributed by atoms with Crippen molar-refractivity contribution in [2.24, 2.45) is 0 Å². The van der Waals surface area contributed by atoms with Crippen molar-refractivity contribution in [1.82, 2.24) is 5.32 Å². The molecule has 2 nitrogen and oxygen atoms in total. The summed E-state index contributed by atoms with van der Waals surface area (Å²) in [5, 5.41) is 3.03. The zero-order chi connectivity index (χ0) is 16.9. The molecule has 0 fully saturated rings. The van der Waals surface area contributed by atoms with Gasteiger partial charge in [-0.25, -0.2) is 4.39 Å². The SMILES string of the molecule is O=C(N[C@@H](c1ccccc1)c1ccc(Br)cc1)c1ccc(F)cc1. The molecule has 3 rings (SSSR count). The number of carbonyl (C=O) groups excluding carboxylic acids is 1. The molecule has 0 spiro atoms. The summed E-state index contributed by atoms with van der Waals surface area (Å²) in [6.45, 7) is 0. The lowest BCUT2D eigenvalue weighted by Gasteiger charge is -2.20. The van der Waals surface area contributed by atoms with E-state index in [9.17, 15) is 9.18 Å². The lowest BCUT2D eigenvalue weighted by atomic mass is 9.98. The topological polar surface area (TPSA) is 29.1 Å². The van der Waals surface area contributed by atoms with Gasteiger partial charge in [-0.2, -0.15) is 0 Å². The average Bonchev–Trinajstić information content (AvgIpc) is 2.62. The summed E-state index contributed by atoms with van der Waals surface area (Å²) >= 11 is 3.42. The van der Waals surface area contributed by atoms with Crippen molar-refractivity contribution in [2.75, 3.05) is 0 Å². The van der Waals surface area contributed by atoms with Crippen LogP contribution in [0.4, 0.5) is 4.39 Å². The van der Waals surface area contributed by atoms with Crippen LogP contribution in [0.25, 0.3) is 0 Å². The minimum absolute atomic E-state index is 0.244. The molecule has 1 atom stereocenters. The van der Waals surface area contributed by atoms with E-state index in [0.717, 1.165) is 15.6 Å². The van der Waals surface area contributed by atoms with Gasteiger partial charge in [0.2, 0.25) is 0 Å². The van der Waals surface area contributed by atoms with Crippen molar-refractivity contribution in [2.45, 2.75) is 6.04 Å². The number of carbonyl (C=O) groups is 1. The van der Waals surface area contributed by atoms with E-state index in [1.165, 1.54) is 24.3 Å². The summed E-state index contributed by atoms with van der Waals surface area (Å²) in [7, 11) is 0. The zero-order valence-corrected chi connectivity index (χ0v) is 14.3. The van der Waals surface area contributed by atoms with Gasteiger partial charge in [-0.15, -0.1) is 0 Å². The van der Waals surface area contributed by atoms with Gasteiger partial charge in [-0.05, 0) is 47.5 Å². The molecule has 120 valence electrons. The Morgan fingerprint density at radius 3 is 2.04 bits per heavy atom. The third-order valence-electron chi connectivity index (χ3n) is 3.72. The Morgan fingerprint density at radius 2 is 1.42 bits per heavy atom. The fourth-order valence-electron chi connectivity index (χ4n) is 2.48. The molecule has 0 aliphatic rings. The van der Waals surface area contributed by atoms with Crippen LogP contribution in [0.3, 0.4) is 0 Å². The smallest absolute Gasteiger partial charge is 0.252 e. The van der Waals surface area contributed by atoms with Gasteiger partial charge in [-0.3, -0.25) is 4.79 Å². The molecular weight excluding hydrogens is 369 g/mol. The molecule has 1 amide bonds. The zero-order valence-electron chi connectivity index (χ0n) is 12.7. The monoisotopic (exact) mass is 383 g/mol. The van der Waals surface area contributed by atoms with Gasteiger partial charge in [0.15, 0.2) is 0 Å². The van der Waals surface area contributed by atoms with Gasteiger partial charge in [0.1, 0.15) is 5.82 Å². The van der Waals surface area contributed by atoms with Crippen LogP contribution in [-0.4, -0.2) is 5.91 Å². The molecule has 0 bridgehead atoms. The molecule has 0 aromatic heterocycles. The minimum atomic E-state index is -0.362. The van der Waals surface area contributed by atoms with Gasteiger partial charge in [-0.1, -0.05) is 58.4 Å². The van der Waals surface area contributed by atoms with E-state index in [0.29, 0.717) is 5.56 Å². The van der Waals surface area contributed by atoms with Crippen molar-refractivity contribution >= 4 is 21.8 Å². The fraction of sp³-hybridized carbons (Fsp3) is 0.0500. The highest BCUT2D eigenvalue weighted by molar-refractivity contribution is 9.10. The Morgan fingerprint density at radius 1 is 0.833 bits per heavy atom. The Bertz CT molecular complexity index is 817. The number of rotatable bonds is 4. The summed E-state index contributed by atoms with van der Waals surface area (Å²) in [5.74, 6) is -0.606. The molecule has 1 N–H and O–H groups in total. The van der Waals surface area contributed by atoms with Gasteiger partial charge in [0, 0.05) is 10.0 Å². The summed E-state index contributed by atoms with van der Waals surface area (Å²) in [6, 6.07) is 22.8. The standard InChI is InChI=1S/C20H15BrFNO/c21-17-10-6-15(7-11-17)19(14-4-2-1-3-5-14)23-20(24)16-8-12-18(22)13-9-16/h1-13,19H,(H,23,24)/t19-/m0/s1. The van der Waals surface area contributed by atoms with Crippen LogP contribution in [0.1, 0.15) is 27.5 Å². The minimum Gasteiger partial charge on any atom is -0.341 e. The van der Waals surface area contributed by atoms with Gasteiger partial charge in [0.05, 0.1) is 6.04 Å². The molecule has 0 heterocycles. The summed E-state index contributed by atoms with van der Waals surface area (Å²) in [4.78, 5) is 12.5. The van der Waals surface area contributed by atoms with Crippen molar-refractivity contribution in [1.29, 1.82) is 0 Å². The average molecular weight is 384 g/mol. The first-order chi connectivity index (χ1) is 11.6. The molecule has 0 radical (unpaired) electrons. The molecule has 3 aromatic carbocycles. The van der Waals surface area contributed by atoms with Gasteiger partial charge >= 0.3 is 0 Å². The number of hydrogen-bond donors (Lipinski definition) is 1. The van der Waals surface area contributed by atoms with E-state index in [1.807, 2.05) is 54.6 Å². The Hall–Kier alpha value is -2.46. The van der Waals surface area contributed by atoms with E-state index in [1.54, 1.807) is 0 Å². The fourth-order valence-corrected chi connectivity index (χ4v) is 2.74. The predicted molar refractivity (Wildman–Crippen MR) is 96.3 cm³/mol. The molecule has 0 saturated carbocycles. The quantitative estimate of drug-likeness (QED) is 0.666. The van der Waals surface area contributed by atoms with Crippen molar-refractivity contribution in [3.8, 4) is 0 Å². The van der Waals surface area contributed by atoms with Gasteiger partial charge in [0.25, 0.3) is 5.91 Å². The summed E-state index contributed by atoms with van der Waals surface area (Å²) in [5.41, 5.74) is 2.38. The first kappa shape index (κ1) is 16.4. The summed E-state index contributed by atoms with van der Waals surface area (Å²) in [6.07, 6.45) is 0. The maximum Gasteiger partial charge on any atom is 0.252 e. The molecule has 24 heavy (non-hydrogen) atoms. The second-order valence-corrected chi connectivity index (χ2v) is 6.29. The molecule has 0 aliphatic heterocycles. The summed E-state index contributed by atoms with van der Waals surface area (Å²) < 4.78 is 14.0. The van der Waals surface area contributed by atoms with Crippen LogP contribution in [0.2, 0.25) is 0 Å². The maximum absolute atomic E-state index is 13.0. The number of nitrogens with one attached hydrogen (secondary N) is 1. The number of hydrogen-bond acceptors (Lipinski definition) is 1. The van der Waals surface area contributed by atoms with E-state index < -0.39 is 0 Å². The van der Waals surface area contributed by atoms with Crippen molar-refractivity contribution in [3.63, 3.8) is 0 Å². The highest BCUT2D eigenvalue weighted by Gasteiger charge is 2.17. The second-order valence-electron chi connectivity index (χ2n) is 5.38. The van der Waals surface area contributed by atoms with Crippen LogP contribution < -0.4 is 5.32 Å². The Balaban J connectivity index is 1.91. The van der Waals surface area contributed by atoms with Crippen molar-refractivity contribution in [3.05, 3.63) is 106 Å².